The zero-order chi connectivity index (χ0) is 11.0. The molecule has 1 fully saturated rings. The first kappa shape index (κ1) is 9.83. The summed E-state index contributed by atoms with van der Waals surface area (Å²) in [6.45, 7) is 0. The number of hydrogen-bond acceptors (Lipinski definition) is 1. The summed E-state index contributed by atoms with van der Waals surface area (Å²) in [7, 11) is 0. The van der Waals surface area contributed by atoms with Gasteiger partial charge in [0.05, 0.1) is 0 Å². The summed E-state index contributed by atoms with van der Waals surface area (Å²) in [5, 5.41) is 0. The van der Waals surface area contributed by atoms with Crippen LogP contribution >= 0.6 is 0 Å². The fourth-order valence-corrected chi connectivity index (χ4v) is 3.39. The maximum atomic E-state index is 11.4. The number of carbonyl (C=O) groups is 1. The number of hydrogen-bond donors (Lipinski definition) is 0. The molecule has 0 aromatic heterocycles. The van der Waals surface area contributed by atoms with Crippen LogP contribution in [-0.4, -0.2) is 6.29 Å². The van der Waals surface area contributed by atoms with Gasteiger partial charge in [0.1, 0.15) is 6.29 Å². The van der Waals surface area contributed by atoms with Gasteiger partial charge >= 0.3 is 0 Å². The summed E-state index contributed by atoms with van der Waals surface area (Å²) >= 11 is 0. The maximum Gasteiger partial charge on any atom is 0.127 e. The normalized spacial score (nSPS) is 32.2. The average Bonchev–Trinajstić information content (AvgIpc) is 2.88. The van der Waals surface area contributed by atoms with Gasteiger partial charge in [0.25, 0.3) is 0 Å². The lowest BCUT2D eigenvalue weighted by Crippen LogP contribution is -2.23. The third-order valence-electron chi connectivity index (χ3n) is 4.25. The Morgan fingerprint density at radius 2 is 2.06 bits per heavy atom. The molecule has 0 N–H and O–H groups in total. The summed E-state index contributed by atoms with van der Waals surface area (Å²) < 4.78 is 0. The summed E-state index contributed by atoms with van der Waals surface area (Å²) in [6, 6.07) is 10.5. The first-order chi connectivity index (χ1) is 7.86. The quantitative estimate of drug-likeness (QED) is 0.686. The summed E-state index contributed by atoms with van der Waals surface area (Å²) in [6.07, 6.45) is 7.91. The van der Waals surface area contributed by atoms with Crippen molar-refractivity contribution in [2.24, 2.45) is 11.3 Å². The van der Waals surface area contributed by atoms with Crippen molar-refractivity contribution in [3.05, 3.63) is 42.0 Å². The van der Waals surface area contributed by atoms with Crippen LogP contribution in [0, 0.1) is 11.3 Å². The molecule has 1 aromatic rings. The standard InChI is InChI=1S/C15H16O/c16-11-15-9-4-7-14(15)13(8-10-15)12-5-2-1-3-6-12/h1-3,5-6,8,11,14H,4,7,9-10H2/t14-,15+/m0/s1. The molecule has 0 aliphatic heterocycles. The van der Waals surface area contributed by atoms with Crippen molar-refractivity contribution < 1.29 is 4.79 Å². The highest BCUT2D eigenvalue weighted by Crippen LogP contribution is 2.55. The van der Waals surface area contributed by atoms with Crippen molar-refractivity contribution in [3.63, 3.8) is 0 Å². The van der Waals surface area contributed by atoms with Crippen molar-refractivity contribution >= 4 is 11.9 Å². The SMILES string of the molecule is O=C[C@@]12CC=C(c3ccccc3)[C@@H]1CCC2. The highest BCUT2D eigenvalue weighted by atomic mass is 16.1. The molecule has 0 saturated heterocycles. The van der Waals surface area contributed by atoms with Crippen molar-refractivity contribution in [2.75, 3.05) is 0 Å². The molecule has 0 spiro atoms. The number of carbonyl (C=O) groups excluding carboxylic acids is 1. The van der Waals surface area contributed by atoms with Gasteiger partial charge in [0.2, 0.25) is 0 Å². The lowest BCUT2D eigenvalue weighted by molar-refractivity contribution is -0.116. The lowest BCUT2D eigenvalue weighted by Gasteiger charge is -2.24. The number of fused-ring (bicyclic) bond motifs is 1. The molecule has 0 heterocycles. The van der Waals surface area contributed by atoms with E-state index in [4.69, 9.17) is 0 Å². The predicted molar refractivity (Wildman–Crippen MR) is 64.9 cm³/mol. The second kappa shape index (κ2) is 3.58. The molecule has 2 aliphatic rings. The summed E-state index contributed by atoms with van der Waals surface area (Å²) in [5.74, 6) is 0.479. The molecule has 0 unspecified atom stereocenters. The molecule has 0 amide bonds. The van der Waals surface area contributed by atoms with Crippen LogP contribution in [0.5, 0.6) is 0 Å². The monoisotopic (exact) mass is 212 g/mol. The van der Waals surface area contributed by atoms with E-state index >= 15 is 0 Å². The van der Waals surface area contributed by atoms with Crippen molar-refractivity contribution in [1.29, 1.82) is 0 Å². The number of rotatable bonds is 2. The van der Waals surface area contributed by atoms with Gasteiger partial charge in [-0.15, -0.1) is 0 Å². The van der Waals surface area contributed by atoms with Crippen LogP contribution in [0.25, 0.3) is 5.57 Å². The number of allylic oxidation sites excluding steroid dienone is 2. The second-order valence-electron chi connectivity index (χ2n) is 5.03. The molecule has 1 nitrogen and oxygen atoms in total. The van der Waals surface area contributed by atoms with E-state index in [1.807, 2.05) is 6.07 Å². The number of aldehydes is 1. The van der Waals surface area contributed by atoms with E-state index in [1.54, 1.807) is 0 Å². The number of benzene rings is 1. The van der Waals surface area contributed by atoms with Crippen LogP contribution in [0.15, 0.2) is 36.4 Å². The minimum absolute atomic E-state index is 0.0504. The van der Waals surface area contributed by atoms with Crippen LogP contribution < -0.4 is 0 Å². The molecular weight excluding hydrogens is 196 g/mol. The lowest BCUT2D eigenvalue weighted by atomic mass is 9.78. The topological polar surface area (TPSA) is 17.1 Å². The van der Waals surface area contributed by atoms with Gasteiger partial charge in [-0.3, -0.25) is 0 Å². The van der Waals surface area contributed by atoms with E-state index in [2.05, 4.69) is 30.3 Å². The summed E-state index contributed by atoms with van der Waals surface area (Å²) in [5.41, 5.74) is 2.66. The highest BCUT2D eigenvalue weighted by Gasteiger charge is 2.47. The molecular formula is C15H16O. The fraction of sp³-hybridized carbons (Fsp3) is 0.400. The molecule has 0 radical (unpaired) electrons. The molecule has 0 bridgehead atoms. The predicted octanol–water partition coefficient (Wildman–Crippen LogP) is 3.46. The molecule has 3 rings (SSSR count). The molecule has 1 aromatic carbocycles. The molecule has 82 valence electrons. The van der Waals surface area contributed by atoms with Gasteiger partial charge in [-0.1, -0.05) is 42.8 Å². The van der Waals surface area contributed by atoms with Crippen molar-refractivity contribution in [3.8, 4) is 0 Å². The smallest absolute Gasteiger partial charge is 0.127 e. The third-order valence-corrected chi connectivity index (χ3v) is 4.25. The Kier molecular flexibility index (Phi) is 2.20. The van der Waals surface area contributed by atoms with E-state index in [1.165, 1.54) is 30.3 Å². The molecule has 2 atom stereocenters. The van der Waals surface area contributed by atoms with E-state index in [0.717, 1.165) is 12.8 Å². The maximum absolute atomic E-state index is 11.4. The Morgan fingerprint density at radius 1 is 1.25 bits per heavy atom. The zero-order valence-electron chi connectivity index (χ0n) is 9.36. The molecule has 1 saturated carbocycles. The third kappa shape index (κ3) is 1.27. The Labute approximate surface area is 96.2 Å². The van der Waals surface area contributed by atoms with Gasteiger partial charge in [-0.05, 0) is 36.3 Å². The van der Waals surface area contributed by atoms with Gasteiger partial charge in [0.15, 0.2) is 0 Å². The molecule has 2 aliphatic carbocycles. The molecule has 16 heavy (non-hydrogen) atoms. The van der Waals surface area contributed by atoms with Crippen LogP contribution in [0.4, 0.5) is 0 Å². The van der Waals surface area contributed by atoms with E-state index < -0.39 is 0 Å². The largest absolute Gasteiger partial charge is 0.303 e. The van der Waals surface area contributed by atoms with E-state index in [9.17, 15) is 4.79 Å². The van der Waals surface area contributed by atoms with Crippen LogP contribution in [-0.2, 0) is 4.79 Å². The second-order valence-corrected chi connectivity index (χ2v) is 5.03. The zero-order valence-corrected chi connectivity index (χ0v) is 9.36. The van der Waals surface area contributed by atoms with Crippen LogP contribution in [0.3, 0.4) is 0 Å². The highest BCUT2D eigenvalue weighted by molar-refractivity contribution is 5.78. The minimum atomic E-state index is -0.0504. The van der Waals surface area contributed by atoms with E-state index in [0.29, 0.717) is 5.92 Å². The van der Waals surface area contributed by atoms with Gasteiger partial charge in [-0.25, -0.2) is 0 Å². The minimum Gasteiger partial charge on any atom is -0.303 e. The molecule has 1 heteroatoms. The van der Waals surface area contributed by atoms with Crippen LogP contribution in [0.2, 0.25) is 0 Å². The van der Waals surface area contributed by atoms with Gasteiger partial charge in [-0.2, -0.15) is 0 Å². The van der Waals surface area contributed by atoms with Gasteiger partial charge < -0.3 is 4.79 Å². The first-order valence-corrected chi connectivity index (χ1v) is 6.07. The Bertz CT molecular complexity index is 432. The Morgan fingerprint density at radius 3 is 2.81 bits per heavy atom. The Hall–Kier alpha value is -1.37. The Balaban J connectivity index is 1.98. The van der Waals surface area contributed by atoms with Crippen molar-refractivity contribution in [1.82, 2.24) is 0 Å². The summed E-state index contributed by atoms with van der Waals surface area (Å²) in [4.78, 5) is 11.4. The van der Waals surface area contributed by atoms with Crippen LogP contribution in [0.1, 0.15) is 31.2 Å². The van der Waals surface area contributed by atoms with E-state index in [-0.39, 0.29) is 5.41 Å². The van der Waals surface area contributed by atoms with Gasteiger partial charge in [0, 0.05) is 5.41 Å². The average molecular weight is 212 g/mol. The fourth-order valence-electron chi connectivity index (χ4n) is 3.39. The van der Waals surface area contributed by atoms with Crippen molar-refractivity contribution in [2.45, 2.75) is 25.7 Å². The first-order valence-electron chi connectivity index (χ1n) is 6.07.